The van der Waals surface area contributed by atoms with Crippen LogP contribution in [-0.2, 0) is 41.9 Å². The topological polar surface area (TPSA) is 199 Å². The number of hydrogen-bond donors (Lipinski definition) is 2. The maximum Gasteiger partial charge on any atom is 0.534 e. The van der Waals surface area contributed by atoms with Crippen LogP contribution in [-0.4, -0.2) is 109 Å². The van der Waals surface area contributed by atoms with Gasteiger partial charge in [0.1, 0.15) is 17.2 Å². The Balaban J connectivity index is 0.000000246. The molecule has 6 rings (SSSR count). The largest absolute Gasteiger partial charge is 0.534 e. The molecule has 0 amide bonds. The summed E-state index contributed by atoms with van der Waals surface area (Å²) in [6, 6.07) is 27.8. The molecule has 0 radical (unpaired) electrons. The molecule has 0 saturated heterocycles. The van der Waals surface area contributed by atoms with Gasteiger partial charge in [0.15, 0.2) is 5.75 Å². The van der Waals surface area contributed by atoms with Crippen molar-refractivity contribution in [3.63, 3.8) is 0 Å². The fourth-order valence-electron chi connectivity index (χ4n) is 6.86. The van der Waals surface area contributed by atoms with Crippen molar-refractivity contribution in [1.82, 2.24) is 9.97 Å². The number of carbonyl (C=O) groups excluding carboxylic acids is 2. The molecule has 0 spiro atoms. The Kier molecular flexibility index (Phi) is 21.5. The first-order chi connectivity index (χ1) is 33.8. The first-order valence-corrected chi connectivity index (χ1v) is 23.2. The molecule has 2 heterocycles. The van der Waals surface area contributed by atoms with E-state index in [1.54, 1.807) is 45.4 Å². The Bertz CT molecular complexity index is 2810. The number of ether oxygens (including phenoxy) is 6. The lowest BCUT2D eigenvalue weighted by molar-refractivity contribution is -0.0500. The highest BCUT2D eigenvalue weighted by atomic mass is 32.2. The van der Waals surface area contributed by atoms with Gasteiger partial charge in [0.2, 0.25) is 0 Å². The standard InChI is InChI=1S/C25H27NO4.C17H18F3NO5S.C9H11BO4/c1-17-14-20(9-12-22(17)25(27)30-4)23-15-18(6-5-13-28-2)16-26-24(23)19-7-10-21(29-3)11-8-19;1-24-9-3-4-12-10-15(26-27(22,23)17(18,19)20)16(21-11-12)13-5-7-14(25-2)8-6-13;1-6-5-7(10(12)13)3-4-8(6)9(11)14-2/h7-12,14-16H,5-6,13H2,1-4H3;5-8,10-11H,3-4,9H2,1-2H3;3-5,12-13H,1-2H3. The molecule has 71 heavy (non-hydrogen) atoms. The average Bonchev–Trinajstić information content (AvgIpc) is 3.36. The molecule has 20 heteroatoms. The molecule has 0 aliphatic rings. The van der Waals surface area contributed by atoms with Crippen LogP contribution in [0.2, 0.25) is 0 Å². The van der Waals surface area contributed by atoms with Crippen LogP contribution in [0.25, 0.3) is 33.6 Å². The summed E-state index contributed by atoms with van der Waals surface area (Å²) in [6.07, 6.45) is 6.23. The van der Waals surface area contributed by atoms with Crippen LogP contribution in [0.3, 0.4) is 0 Å². The molecule has 0 saturated carbocycles. The number of halogens is 3. The number of pyridine rings is 2. The highest BCUT2D eigenvalue weighted by Crippen LogP contribution is 2.36. The second kappa shape index (κ2) is 27.0. The van der Waals surface area contributed by atoms with E-state index < -0.39 is 34.5 Å². The Hall–Kier alpha value is -6.84. The summed E-state index contributed by atoms with van der Waals surface area (Å²) in [5.41, 5.74) is 3.27. The quantitative estimate of drug-likeness (QED) is 0.0275. The number of methoxy groups -OCH3 is 6. The number of carbonyl (C=O) groups is 2. The molecule has 15 nitrogen and oxygen atoms in total. The maximum absolute atomic E-state index is 12.7. The average molecular weight is 1000 g/mol. The molecule has 0 bridgehead atoms. The van der Waals surface area contributed by atoms with Gasteiger partial charge in [0.05, 0.1) is 45.3 Å². The zero-order valence-corrected chi connectivity index (χ0v) is 41.4. The SMILES string of the molecule is COC(=O)c1ccc(B(O)O)cc1C.COCCCc1cnc(-c2ccc(OC)cc2)c(-c2ccc(C(=O)OC)c(C)c2)c1.COCCCc1cnc(-c2ccc(OC)cc2)c(OS(=O)(=O)C(F)(F)F)c1. The number of benzene rings is 4. The normalized spacial score (nSPS) is 11.0. The lowest BCUT2D eigenvalue weighted by Gasteiger charge is -2.14. The van der Waals surface area contributed by atoms with Crippen LogP contribution in [0.1, 0.15) is 55.8 Å². The molecule has 6 aromatic rings. The zero-order valence-electron chi connectivity index (χ0n) is 40.5. The number of nitrogens with zero attached hydrogens (tertiary/aromatic N) is 2. The van der Waals surface area contributed by atoms with Crippen LogP contribution < -0.4 is 19.1 Å². The lowest BCUT2D eigenvalue weighted by Crippen LogP contribution is -2.30. The molecule has 0 unspecified atom stereocenters. The van der Waals surface area contributed by atoms with Gasteiger partial charge in [-0.2, -0.15) is 21.6 Å². The number of hydrogen-bond acceptors (Lipinski definition) is 15. The number of esters is 2. The predicted molar refractivity (Wildman–Crippen MR) is 262 cm³/mol. The monoisotopic (exact) mass is 1000 g/mol. The van der Waals surface area contributed by atoms with Gasteiger partial charge in [-0.1, -0.05) is 24.3 Å². The molecule has 0 atom stereocenters. The summed E-state index contributed by atoms with van der Waals surface area (Å²) in [6.45, 7) is 4.77. The maximum atomic E-state index is 12.7. The van der Waals surface area contributed by atoms with Crippen LogP contribution >= 0.6 is 0 Å². The molecule has 2 aromatic heterocycles. The van der Waals surface area contributed by atoms with E-state index in [2.05, 4.69) is 20.0 Å². The Morgan fingerprint density at radius 1 is 0.606 bits per heavy atom. The second-order valence-electron chi connectivity index (χ2n) is 15.5. The minimum atomic E-state index is -5.83. The van der Waals surface area contributed by atoms with Crippen molar-refractivity contribution in [3.05, 3.63) is 143 Å². The minimum Gasteiger partial charge on any atom is -0.497 e. The van der Waals surface area contributed by atoms with E-state index in [0.717, 1.165) is 52.1 Å². The van der Waals surface area contributed by atoms with E-state index in [1.807, 2.05) is 55.6 Å². The zero-order chi connectivity index (χ0) is 52.3. The summed E-state index contributed by atoms with van der Waals surface area (Å²) in [5, 5.41) is 17.7. The van der Waals surface area contributed by atoms with Gasteiger partial charge < -0.3 is 42.7 Å². The minimum absolute atomic E-state index is 0.0269. The van der Waals surface area contributed by atoms with Crippen LogP contribution in [0, 0.1) is 13.8 Å². The molecule has 0 aliphatic carbocycles. The van der Waals surface area contributed by atoms with E-state index in [9.17, 15) is 31.2 Å². The molecule has 378 valence electrons. The molecule has 4 aromatic carbocycles. The van der Waals surface area contributed by atoms with Crippen molar-refractivity contribution in [2.45, 2.75) is 45.0 Å². The summed E-state index contributed by atoms with van der Waals surface area (Å²) < 4.78 is 95.3. The Morgan fingerprint density at radius 3 is 1.49 bits per heavy atom. The Morgan fingerprint density at radius 2 is 1.06 bits per heavy atom. The Labute approximate surface area is 411 Å². The van der Waals surface area contributed by atoms with Crippen LogP contribution in [0.4, 0.5) is 13.2 Å². The number of rotatable bonds is 18. The van der Waals surface area contributed by atoms with E-state index in [4.69, 9.17) is 38.7 Å². The predicted octanol–water partition coefficient (Wildman–Crippen LogP) is 8.12. The fourth-order valence-corrected chi connectivity index (χ4v) is 7.32. The third kappa shape index (κ3) is 16.1. The van der Waals surface area contributed by atoms with Crippen LogP contribution in [0.15, 0.2) is 109 Å². The van der Waals surface area contributed by atoms with Gasteiger partial charge in [-0.05, 0) is 146 Å². The summed E-state index contributed by atoms with van der Waals surface area (Å²) >= 11 is 0. The van der Waals surface area contributed by atoms with Crippen molar-refractivity contribution in [2.75, 3.05) is 55.9 Å². The second-order valence-corrected chi connectivity index (χ2v) is 17.1. The van der Waals surface area contributed by atoms with E-state index in [0.29, 0.717) is 65.1 Å². The van der Waals surface area contributed by atoms with Crippen molar-refractivity contribution >= 4 is 34.6 Å². The molecule has 0 aliphatic heterocycles. The van der Waals surface area contributed by atoms with E-state index in [1.165, 1.54) is 58.9 Å². The number of alkyl halides is 3. The molecular weight excluding hydrogens is 948 g/mol. The lowest BCUT2D eigenvalue weighted by atomic mass is 9.79. The highest BCUT2D eigenvalue weighted by Gasteiger charge is 2.49. The smallest absolute Gasteiger partial charge is 0.497 e. The van der Waals surface area contributed by atoms with Gasteiger partial charge in [0, 0.05) is 56.5 Å². The van der Waals surface area contributed by atoms with Gasteiger partial charge in [0.25, 0.3) is 0 Å². The number of aromatic nitrogens is 2. The summed E-state index contributed by atoms with van der Waals surface area (Å²) in [4.78, 5) is 32.0. The molecule has 0 fully saturated rings. The van der Waals surface area contributed by atoms with Crippen molar-refractivity contribution in [3.8, 4) is 50.9 Å². The first kappa shape index (κ1) is 56.7. The van der Waals surface area contributed by atoms with Gasteiger partial charge >= 0.3 is 34.7 Å². The number of aryl methyl sites for hydroxylation is 4. The molecule has 2 N–H and O–H groups in total. The van der Waals surface area contributed by atoms with E-state index in [-0.39, 0.29) is 11.7 Å². The van der Waals surface area contributed by atoms with Crippen molar-refractivity contribution < 1.29 is 73.8 Å². The van der Waals surface area contributed by atoms with Crippen LogP contribution in [0.5, 0.6) is 17.2 Å². The molecular formula is C51H56BF3N2O13S. The summed E-state index contributed by atoms with van der Waals surface area (Å²) in [5.74, 6) is 0.0739. The highest BCUT2D eigenvalue weighted by molar-refractivity contribution is 7.88. The summed E-state index contributed by atoms with van der Waals surface area (Å²) in [7, 11) is 1.71. The van der Waals surface area contributed by atoms with Gasteiger partial charge in [-0.25, -0.2) is 9.59 Å². The van der Waals surface area contributed by atoms with Gasteiger partial charge in [-0.15, -0.1) is 0 Å². The van der Waals surface area contributed by atoms with E-state index >= 15 is 0 Å². The third-order valence-corrected chi connectivity index (χ3v) is 11.6. The fraction of sp³-hybridized carbons (Fsp3) is 0.294. The van der Waals surface area contributed by atoms with Gasteiger partial charge in [-0.3, -0.25) is 9.97 Å². The van der Waals surface area contributed by atoms with Crippen molar-refractivity contribution in [1.29, 1.82) is 0 Å². The third-order valence-electron chi connectivity index (χ3n) is 10.6. The van der Waals surface area contributed by atoms with Crippen molar-refractivity contribution in [2.24, 2.45) is 0 Å². The first-order valence-electron chi connectivity index (χ1n) is 21.8.